The van der Waals surface area contributed by atoms with Gasteiger partial charge in [-0.25, -0.2) is 9.18 Å². The number of rotatable bonds is 3. The maximum absolute atomic E-state index is 14.3. The Morgan fingerprint density at radius 1 is 1.12 bits per heavy atom. The SMILES string of the molecule is O=C(O)/C=C/c1cc(F)cc2c3c(n(C4CCCCC4)c12)CCCC3. The number of aliphatic carboxylic acids is 1. The largest absolute Gasteiger partial charge is 0.478 e. The van der Waals surface area contributed by atoms with E-state index >= 15 is 0 Å². The van der Waals surface area contributed by atoms with Gasteiger partial charge in [-0.15, -0.1) is 0 Å². The number of carboxylic acids is 1. The standard InChI is InChI=1S/C21H24FNO2/c22-15-12-14(10-11-20(24)25)21-18(13-15)17-8-4-5-9-19(17)23(21)16-6-2-1-3-7-16/h10-13,16H,1-9H2,(H,24,25)/b11-10+. The van der Waals surface area contributed by atoms with Crippen LogP contribution in [0.15, 0.2) is 18.2 Å². The van der Waals surface area contributed by atoms with E-state index in [0.29, 0.717) is 11.6 Å². The van der Waals surface area contributed by atoms with E-state index in [1.807, 2.05) is 0 Å². The van der Waals surface area contributed by atoms with Crippen molar-refractivity contribution < 1.29 is 14.3 Å². The first-order valence-corrected chi connectivity index (χ1v) is 9.41. The third kappa shape index (κ3) is 2.99. The predicted octanol–water partition coefficient (Wildman–Crippen LogP) is 5.26. The third-order valence-corrected chi connectivity index (χ3v) is 5.75. The van der Waals surface area contributed by atoms with Crippen molar-refractivity contribution in [3.8, 4) is 0 Å². The first-order chi connectivity index (χ1) is 12.1. The summed E-state index contributed by atoms with van der Waals surface area (Å²) >= 11 is 0. The second-order valence-corrected chi connectivity index (χ2v) is 7.36. The van der Waals surface area contributed by atoms with Gasteiger partial charge in [-0.2, -0.15) is 0 Å². The summed E-state index contributed by atoms with van der Waals surface area (Å²) in [5.41, 5.74) is 4.38. The first kappa shape index (κ1) is 16.4. The quantitative estimate of drug-likeness (QED) is 0.774. The fraction of sp³-hybridized carbons (Fsp3) is 0.476. The van der Waals surface area contributed by atoms with Crippen LogP contribution in [-0.4, -0.2) is 15.6 Å². The zero-order chi connectivity index (χ0) is 17.4. The van der Waals surface area contributed by atoms with E-state index in [1.54, 1.807) is 12.1 Å². The molecule has 1 fully saturated rings. The average molecular weight is 341 g/mol. The molecule has 0 saturated heterocycles. The van der Waals surface area contributed by atoms with Gasteiger partial charge < -0.3 is 9.67 Å². The molecule has 4 heteroatoms. The molecule has 1 aromatic heterocycles. The van der Waals surface area contributed by atoms with Gasteiger partial charge in [0.2, 0.25) is 0 Å². The smallest absolute Gasteiger partial charge is 0.328 e. The number of hydrogen-bond donors (Lipinski definition) is 1. The highest BCUT2D eigenvalue weighted by molar-refractivity contribution is 5.95. The van der Waals surface area contributed by atoms with E-state index in [-0.39, 0.29) is 5.82 Å². The lowest BCUT2D eigenvalue weighted by atomic mass is 9.93. The number of halogens is 1. The van der Waals surface area contributed by atoms with Crippen LogP contribution in [-0.2, 0) is 17.6 Å². The van der Waals surface area contributed by atoms with Crippen LogP contribution < -0.4 is 0 Å². The second-order valence-electron chi connectivity index (χ2n) is 7.36. The summed E-state index contributed by atoms with van der Waals surface area (Å²) in [6, 6.07) is 3.59. The number of carboxylic acid groups (broad SMARTS) is 1. The van der Waals surface area contributed by atoms with Crippen molar-refractivity contribution in [2.75, 3.05) is 0 Å². The fourth-order valence-corrected chi connectivity index (χ4v) is 4.73. The van der Waals surface area contributed by atoms with E-state index < -0.39 is 5.97 Å². The summed E-state index contributed by atoms with van der Waals surface area (Å²) in [5, 5.41) is 10.0. The number of hydrogen-bond acceptors (Lipinski definition) is 1. The molecule has 2 aromatic rings. The lowest BCUT2D eigenvalue weighted by Crippen LogP contribution is -2.17. The topological polar surface area (TPSA) is 42.2 Å². The van der Waals surface area contributed by atoms with Crippen LogP contribution in [0.1, 0.15) is 67.8 Å². The van der Waals surface area contributed by atoms with Crippen molar-refractivity contribution in [3.63, 3.8) is 0 Å². The molecule has 2 aliphatic rings. The van der Waals surface area contributed by atoms with Gasteiger partial charge in [0.15, 0.2) is 0 Å². The van der Waals surface area contributed by atoms with Crippen LogP contribution in [0.3, 0.4) is 0 Å². The molecule has 1 aromatic carbocycles. The number of aryl methyl sites for hydroxylation is 1. The Hall–Kier alpha value is -2.10. The Morgan fingerprint density at radius 3 is 2.64 bits per heavy atom. The van der Waals surface area contributed by atoms with E-state index in [4.69, 9.17) is 5.11 Å². The monoisotopic (exact) mass is 341 g/mol. The van der Waals surface area contributed by atoms with Gasteiger partial charge in [-0.05, 0) is 62.3 Å². The number of aromatic nitrogens is 1. The number of benzene rings is 1. The molecule has 0 spiro atoms. The first-order valence-electron chi connectivity index (χ1n) is 9.41. The van der Waals surface area contributed by atoms with Crippen LogP contribution in [0.2, 0.25) is 0 Å². The Morgan fingerprint density at radius 2 is 1.88 bits per heavy atom. The minimum Gasteiger partial charge on any atom is -0.478 e. The highest BCUT2D eigenvalue weighted by atomic mass is 19.1. The fourth-order valence-electron chi connectivity index (χ4n) is 4.73. The van der Waals surface area contributed by atoms with E-state index in [0.717, 1.165) is 49.1 Å². The summed E-state index contributed by atoms with van der Waals surface area (Å²) in [6.07, 6.45) is 13.1. The predicted molar refractivity (Wildman–Crippen MR) is 97.3 cm³/mol. The molecule has 132 valence electrons. The number of nitrogens with zero attached hydrogens (tertiary/aromatic N) is 1. The molecule has 1 heterocycles. The molecule has 0 radical (unpaired) electrons. The molecule has 1 saturated carbocycles. The molecule has 1 N–H and O–H groups in total. The van der Waals surface area contributed by atoms with Crippen molar-refractivity contribution in [1.29, 1.82) is 0 Å². The van der Waals surface area contributed by atoms with Crippen LogP contribution in [0.4, 0.5) is 4.39 Å². The Bertz CT molecular complexity index is 843. The van der Waals surface area contributed by atoms with Gasteiger partial charge in [-0.3, -0.25) is 0 Å². The summed E-state index contributed by atoms with van der Waals surface area (Å²) < 4.78 is 16.7. The highest BCUT2D eigenvalue weighted by Gasteiger charge is 2.27. The Labute approximate surface area is 147 Å². The molecule has 2 aliphatic carbocycles. The summed E-state index contributed by atoms with van der Waals surface area (Å²) in [7, 11) is 0. The Balaban J connectivity index is 1.98. The molecule has 4 rings (SSSR count). The summed E-state index contributed by atoms with van der Waals surface area (Å²) in [6.45, 7) is 0. The molecule has 0 unspecified atom stereocenters. The van der Waals surface area contributed by atoms with Crippen molar-refractivity contribution >= 4 is 22.9 Å². The molecular weight excluding hydrogens is 317 g/mol. The molecular formula is C21H24FNO2. The van der Waals surface area contributed by atoms with Gasteiger partial charge >= 0.3 is 5.97 Å². The lowest BCUT2D eigenvalue weighted by Gasteiger charge is -2.28. The van der Waals surface area contributed by atoms with Crippen LogP contribution in [0, 0.1) is 5.82 Å². The van der Waals surface area contributed by atoms with Gasteiger partial charge in [-0.1, -0.05) is 19.3 Å². The van der Waals surface area contributed by atoms with E-state index in [9.17, 15) is 9.18 Å². The van der Waals surface area contributed by atoms with Crippen LogP contribution in [0.5, 0.6) is 0 Å². The van der Waals surface area contributed by atoms with Gasteiger partial charge in [0.25, 0.3) is 0 Å². The molecule has 0 bridgehead atoms. The molecule has 0 amide bonds. The minimum absolute atomic E-state index is 0.285. The van der Waals surface area contributed by atoms with Crippen molar-refractivity contribution in [2.45, 2.75) is 63.8 Å². The third-order valence-electron chi connectivity index (χ3n) is 5.75. The lowest BCUT2D eigenvalue weighted by molar-refractivity contribution is -0.131. The minimum atomic E-state index is -1.00. The van der Waals surface area contributed by atoms with Crippen molar-refractivity contribution in [1.82, 2.24) is 4.57 Å². The zero-order valence-electron chi connectivity index (χ0n) is 14.4. The van der Waals surface area contributed by atoms with Crippen molar-refractivity contribution in [3.05, 3.63) is 40.8 Å². The molecule has 0 atom stereocenters. The molecule has 0 aliphatic heterocycles. The van der Waals surface area contributed by atoms with Gasteiger partial charge in [0.1, 0.15) is 5.82 Å². The van der Waals surface area contributed by atoms with Crippen LogP contribution in [0.25, 0.3) is 17.0 Å². The van der Waals surface area contributed by atoms with E-state index in [1.165, 1.54) is 43.0 Å². The van der Waals surface area contributed by atoms with Gasteiger partial charge in [0, 0.05) is 28.8 Å². The maximum atomic E-state index is 14.3. The Kier molecular flexibility index (Phi) is 4.36. The number of fused-ring (bicyclic) bond motifs is 3. The van der Waals surface area contributed by atoms with Crippen LogP contribution >= 0.6 is 0 Å². The summed E-state index contributed by atoms with van der Waals surface area (Å²) in [4.78, 5) is 11.0. The maximum Gasteiger partial charge on any atom is 0.328 e. The number of carbonyl (C=O) groups is 1. The molecule has 25 heavy (non-hydrogen) atoms. The van der Waals surface area contributed by atoms with Crippen molar-refractivity contribution in [2.24, 2.45) is 0 Å². The summed E-state index contributed by atoms with van der Waals surface area (Å²) in [5.74, 6) is -1.29. The van der Waals surface area contributed by atoms with Gasteiger partial charge in [0.05, 0.1) is 5.52 Å². The average Bonchev–Trinajstić information content (AvgIpc) is 2.95. The highest BCUT2D eigenvalue weighted by Crippen LogP contribution is 2.40. The molecule has 3 nitrogen and oxygen atoms in total. The second kappa shape index (κ2) is 6.66. The zero-order valence-corrected chi connectivity index (χ0v) is 14.4. The normalized spacial score (nSPS) is 18.8. The van der Waals surface area contributed by atoms with E-state index in [2.05, 4.69) is 4.57 Å².